The number of esters is 1. The number of rotatable bonds is 6. The van der Waals surface area contributed by atoms with Crippen molar-refractivity contribution in [3.05, 3.63) is 41.5 Å². The van der Waals surface area contributed by atoms with Crippen LogP contribution in [0.15, 0.2) is 30.3 Å². The zero-order valence-corrected chi connectivity index (χ0v) is 17.8. The average Bonchev–Trinajstić information content (AvgIpc) is 3.16. The van der Waals surface area contributed by atoms with Gasteiger partial charge >= 0.3 is 5.97 Å². The van der Waals surface area contributed by atoms with Crippen molar-refractivity contribution in [2.24, 2.45) is 0 Å². The number of hydrogen-bond acceptors (Lipinski definition) is 5. The molecule has 0 aliphatic carbocycles. The number of ether oxygens (including phenoxy) is 2. The standard InChI is InChI=1S/C23H30N2O5/c1-18-4-6-20(7-5-18)8-9-21(27)25-11-3-10-23(25,17-30-19(2)26)16-22(28)24-12-14-29-15-13-24/h4-9H,3,10-17H2,1-2H3/b9-8+. The summed E-state index contributed by atoms with van der Waals surface area (Å²) in [7, 11) is 0. The van der Waals surface area contributed by atoms with E-state index in [1.807, 2.05) is 31.2 Å². The number of hydrogen-bond donors (Lipinski definition) is 0. The van der Waals surface area contributed by atoms with Gasteiger partial charge < -0.3 is 19.3 Å². The zero-order chi connectivity index (χ0) is 21.6. The van der Waals surface area contributed by atoms with Crippen molar-refractivity contribution >= 4 is 23.9 Å². The molecule has 0 saturated carbocycles. The summed E-state index contributed by atoms with van der Waals surface area (Å²) in [5.41, 5.74) is 1.28. The minimum Gasteiger partial charge on any atom is -0.463 e. The summed E-state index contributed by atoms with van der Waals surface area (Å²) in [5, 5.41) is 0. The normalized spacial score (nSPS) is 21.8. The van der Waals surface area contributed by atoms with Gasteiger partial charge in [-0.15, -0.1) is 0 Å². The fraction of sp³-hybridized carbons (Fsp3) is 0.522. The zero-order valence-electron chi connectivity index (χ0n) is 17.8. The molecule has 1 unspecified atom stereocenters. The Hall–Kier alpha value is -2.67. The Morgan fingerprint density at radius 1 is 1.13 bits per heavy atom. The van der Waals surface area contributed by atoms with Gasteiger partial charge in [-0.1, -0.05) is 29.8 Å². The molecule has 0 N–H and O–H groups in total. The van der Waals surface area contributed by atoms with Gasteiger partial charge in [-0.25, -0.2) is 0 Å². The van der Waals surface area contributed by atoms with Crippen molar-refractivity contribution in [1.82, 2.24) is 9.80 Å². The number of carbonyl (C=O) groups is 3. The van der Waals surface area contributed by atoms with Crippen LogP contribution in [0.3, 0.4) is 0 Å². The largest absolute Gasteiger partial charge is 0.463 e. The highest BCUT2D eigenvalue weighted by Gasteiger charge is 2.46. The van der Waals surface area contributed by atoms with Crippen LogP contribution in [0.4, 0.5) is 0 Å². The van der Waals surface area contributed by atoms with Gasteiger partial charge in [0.1, 0.15) is 6.61 Å². The van der Waals surface area contributed by atoms with Gasteiger partial charge in [0.25, 0.3) is 0 Å². The van der Waals surface area contributed by atoms with Gasteiger partial charge in [0.2, 0.25) is 11.8 Å². The summed E-state index contributed by atoms with van der Waals surface area (Å²) in [5.74, 6) is -0.620. The quantitative estimate of drug-likeness (QED) is 0.527. The molecule has 162 valence electrons. The summed E-state index contributed by atoms with van der Waals surface area (Å²) < 4.78 is 10.6. The second-order valence-corrected chi connectivity index (χ2v) is 8.01. The summed E-state index contributed by atoms with van der Waals surface area (Å²) in [6, 6.07) is 7.90. The third kappa shape index (κ3) is 5.48. The number of nitrogens with zero attached hydrogens (tertiary/aromatic N) is 2. The molecular formula is C23H30N2O5. The van der Waals surface area contributed by atoms with Crippen LogP contribution in [0.25, 0.3) is 6.08 Å². The number of aryl methyl sites for hydroxylation is 1. The highest BCUT2D eigenvalue weighted by molar-refractivity contribution is 5.93. The molecule has 0 radical (unpaired) electrons. The monoisotopic (exact) mass is 414 g/mol. The predicted molar refractivity (Wildman–Crippen MR) is 113 cm³/mol. The van der Waals surface area contributed by atoms with Crippen molar-refractivity contribution < 1.29 is 23.9 Å². The fourth-order valence-corrected chi connectivity index (χ4v) is 4.04. The lowest BCUT2D eigenvalue weighted by Crippen LogP contribution is -2.54. The maximum atomic E-state index is 13.1. The van der Waals surface area contributed by atoms with E-state index < -0.39 is 11.5 Å². The second kappa shape index (κ2) is 9.89. The van der Waals surface area contributed by atoms with Crippen LogP contribution in [-0.4, -0.2) is 72.6 Å². The lowest BCUT2D eigenvalue weighted by Gasteiger charge is -2.39. The van der Waals surface area contributed by atoms with Gasteiger partial charge in [0.05, 0.1) is 25.2 Å². The van der Waals surface area contributed by atoms with Gasteiger partial charge in [-0.3, -0.25) is 14.4 Å². The van der Waals surface area contributed by atoms with Crippen molar-refractivity contribution in [3.8, 4) is 0 Å². The molecule has 2 amide bonds. The topological polar surface area (TPSA) is 76.2 Å². The van der Waals surface area contributed by atoms with Gasteiger partial charge in [0.15, 0.2) is 0 Å². The third-order valence-electron chi connectivity index (χ3n) is 5.75. The highest BCUT2D eigenvalue weighted by Crippen LogP contribution is 2.34. The van der Waals surface area contributed by atoms with E-state index in [0.717, 1.165) is 17.5 Å². The first kappa shape index (κ1) is 22.0. The van der Waals surface area contributed by atoms with Crippen molar-refractivity contribution in [3.63, 3.8) is 0 Å². The van der Waals surface area contributed by atoms with Gasteiger partial charge in [-0.05, 0) is 31.4 Å². The second-order valence-electron chi connectivity index (χ2n) is 8.01. The molecule has 2 aliphatic heterocycles. The third-order valence-corrected chi connectivity index (χ3v) is 5.75. The van der Waals surface area contributed by atoms with E-state index in [2.05, 4.69) is 0 Å². The molecule has 2 aliphatic rings. The van der Waals surface area contributed by atoms with Crippen LogP contribution < -0.4 is 0 Å². The maximum Gasteiger partial charge on any atom is 0.302 e. The Morgan fingerprint density at radius 2 is 1.83 bits per heavy atom. The number of morpholine rings is 1. The predicted octanol–water partition coefficient (Wildman–Crippen LogP) is 2.18. The van der Waals surface area contributed by atoms with E-state index in [0.29, 0.717) is 39.3 Å². The van der Waals surface area contributed by atoms with Crippen LogP contribution in [0, 0.1) is 6.92 Å². The van der Waals surface area contributed by atoms with Crippen molar-refractivity contribution in [2.45, 2.75) is 38.6 Å². The maximum absolute atomic E-state index is 13.1. The van der Waals surface area contributed by atoms with Crippen LogP contribution in [-0.2, 0) is 23.9 Å². The molecule has 0 aromatic heterocycles. The van der Waals surface area contributed by atoms with E-state index in [-0.39, 0.29) is 24.8 Å². The number of amides is 2. The SMILES string of the molecule is CC(=O)OCC1(CC(=O)N2CCOCC2)CCCN1C(=O)/C=C/c1ccc(C)cc1. The highest BCUT2D eigenvalue weighted by atomic mass is 16.5. The molecule has 2 heterocycles. The molecule has 7 nitrogen and oxygen atoms in total. The van der Waals surface area contributed by atoms with Crippen molar-refractivity contribution in [2.75, 3.05) is 39.5 Å². The molecule has 30 heavy (non-hydrogen) atoms. The van der Waals surface area contributed by atoms with Crippen LogP contribution in [0.2, 0.25) is 0 Å². The first-order chi connectivity index (χ1) is 14.4. The average molecular weight is 415 g/mol. The smallest absolute Gasteiger partial charge is 0.302 e. The fourth-order valence-electron chi connectivity index (χ4n) is 4.04. The molecule has 2 fully saturated rings. The summed E-state index contributed by atoms with van der Waals surface area (Å²) >= 11 is 0. The lowest BCUT2D eigenvalue weighted by atomic mass is 9.91. The molecule has 1 aromatic carbocycles. The Kier molecular flexibility index (Phi) is 7.26. The first-order valence-electron chi connectivity index (χ1n) is 10.4. The number of carbonyl (C=O) groups excluding carboxylic acids is 3. The van der Waals surface area contributed by atoms with E-state index in [1.165, 1.54) is 13.0 Å². The van der Waals surface area contributed by atoms with E-state index in [4.69, 9.17) is 9.47 Å². The summed E-state index contributed by atoms with van der Waals surface area (Å²) in [4.78, 5) is 41.0. The number of benzene rings is 1. The minimum atomic E-state index is -0.810. The Balaban J connectivity index is 1.76. The molecule has 3 rings (SSSR count). The Bertz CT molecular complexity index is 798. The molecule has 1 aromatic rings. The Labute approximate surface area is 177 Å². The minimum absolute atomic E-state index is 0.0303. The molecular weight excluding hydrogens is 384 g/mol. The van der Waals surface area contributed by atoms with Crippen LogP contribution in [0.5, 0.6) is 0 Å². The molecule has 0 bridgehead atoms. The van der Waals surface area contributed by atoms with Gasteiger partial charge in [0, 0.05) is 32.6 Å². The van der Waals surface area contributed by atoms with Crippen LogP contribution >= 0.6 is 0 Å². The van der Waals surface area contributed by atoms with Gasteiger partial charge in [-0.2, -0.15) is 0 Å². The number of likely N-dealkylation sites (tertiary alicyclic amines) is 1. The Morgan fingerprint density at radius 3 is 2.50 bits per heavy atom. The van der Waals surface area contributed by atoms with E-state index >= 15 is 0 Å². The van der Waals surface area contributed by atoms with E-state index in [1.54, 1.807) is 15.9 Å². The summed E-state index contributed by atoms with van der Waals surface area (Å²) in [6.07, 6.45) is 4.85. The molecule has 7 heteroatoms. The molecule has 0 spiro atoms. The molecule has 2 saturated heterocycles. The van der Waals surface area contributed by atoms with Crippen molar-refractivity contribution in [1.29, 1.82) is 0 Å². The first-order valence-corrected chi connectivity index (χ1v) is 10.4. The lowest BCUT2D eigenvalue weighted by molar-refractivity contribution is -0.152. The summed E-state index contributed by atoms with van der Waals surface area (Å²) in [6.45, 7) is 6.05. The van der Waals surface area contributed by atoms with Crippen LogP contribution in [0.1, 0.15) is 37.3 Å². The van der Waals surface area contributed by atoms with E-state index in [9.17, 15) is 14.4 Å². The molecule has 1 atom stereocenters.